The summed E-state index contributed by atoms with van der Waals surface area (Å²) in [6, 6.07) is 0. The molecular weight excluding hydrogens is 1070 g/mol. The fourth-order valence-corrected chi connectivity index (χ4v) is 18.8. The minimum atomic E-state index is 0.403. The highest BCUT2D eigenvalue weighted by Gasteiger charge is 2.48. The maximum absolute atomic E-state index is 5.92. The van der Waals surface area contributed by atoms with Gasteiger partial charge in [0.1, 0.15) is 0 Å². The minimum absolute atomic E-state index is 0.403. The molecule has 6 fully saturated rings. The predicted molar refractivity (Wildman–Crippen MR) is 341 cm³/mol. The molecule has 0 heterocycles. The number of hydrogen-bond acceptors (Lipinski definition) is 12. The molecule has 12 heteroatoms. The molecule has 85 heavy (non-hydrogen) atoms. The van der Waals surface area contributed by atoms with Gasteiger partial charge in [-0.1, -0.05) is 79.3 Å². The summed E-state index contributed by atoms with van der Waals surface area (Å²) >= 11 is 0. The van der Waals surface area contributed by atoms with Crippen molar-refractivity contribution in [2.45, 2.75) is 109 Å². The second-order valence-electron chi connectivity index (χ2n) is 27.2. The Labute approximate surface area is 517 Å². The van der Waals surface area contributed by atoms with E-state index in [1.807, 2.05) is 21.3 Å². The average Bonchev–Trinajstić information content (AvgIpc) is 4.57. The second kappa shape index (κ2) is 38.0. The molecule has 24 atom stereocenters. The van der Waals surface area contributed by atoms with Gasteiger partial charge in [-0.3, -0.25) is 0 Å². The minimum Gasteiger partial charge on any atom is -0.385 e. The van der Waals surface area contributed by atoms with Gasteiger partial charge in [0.25, 0.3) is 0 Å². The zero-order valence-corrected chi connectivity index (χ0v) is 55.4. The molecular formula is C73H122O12. The third-order valence-corrected chi connectivity index (χ3v) is 22.7. The van der Waals surface area contributed by atoms with Crippen molar-refractivity contribution in [2.75, 3.05) is 151 Å². The topological polar surface area (TPSA) is 111 Å². The summed E-state index contributed by atoms with van der Waals surface area (Å²) in [5, 5.41) is 0. The molecule has 12 bridgehead atoms. The summed E-state index contributed by atoms with van der Waals surface area (Å²) in [6.45, 7) is 11.9. The van der Waals surface area contributed by atoms with Crippen molar-refractivity contribution in [3.63, 3.8) is 0 Å². The van der Waals surface area contributed by atoms with Crippen molar-refractivity contribution in [2.24, 2.45) is 130 Å². The summed E-state index contributed by atoms with van der Waals surface area (Å²) in [5.74, 6) is 16.8. The Morgan fingerprint density at radius 3 is 0.882 bits per heavy atom. The number of fused-ring (bicyclic) bond motifs is 12. The first-order valence-electron chi connectivity index (χ1n) is 33.8. The van der Waals surface area contributed by atoms with Gasteiger partial charge in [-0.15, -0.1) is 0 Å². The Morgan fingerprint density at radius 2 is 0.518 bits per heavy atom. The van der Waals surface area contributed by atoms with E-state index >= 15 is 0 Å². The Bertz CT molecular complexity index is 1960. The Morgan fingerprint density at radius 1 is 0.247 bits per heavy atom. The van der Waals surface area contributed by atoms with Gasteiger partial charge in [-0.2, -0.15) is 0 Å². The lowest BCUT2D eigenvalue weighted by atomic mass is 9.79. The third kappa shape index (κ3) is 18.8. The summed E-state index contributed by atoms with van der Waals surface area (Å²) < 4.78 is 63.6. The zero-order chi connectivity index (χ0) is 60.5. The van der Waals surface area contributed by atoms with Crippen molar-refractivity contribution < 1.29 is 56.8 Å². The van der Waals surface area contributed by atoms with Gasteiger partial charge in [-0.05, 0) is 203 Å². The Kier molecular flexibility index (Phi) is 31.4. The third-order valence-electron chi connectivity index (χ3n) is 22.7. The number of ether oxygens (including phenoxy) is 12. The van der Waals surface area contributed by atoms with Gasteiger partial charge in [0, 0.05) is 162 Å². The van der Waals surface area contributed by atoms with Crippen molar-refractivity contribution >= 4 is 0 Å². The Balaban J connectivity index is 0.000000146. The van der Waals surface area contributed by atoms with Crippen LogP contribution in [-0.2, 0) is 56.8 Å². The van der Waals surface area contributed by atoms with E-state index in [4.69, 9.17) is 56.8 Å². The van der Waals surface area contributed by atoms with Crippen LogP contribution in [-0.4, -0.2) is 163 Å². The fraction of sp³-hybridized carbons (Fsp3) is 0.836. The van der Waals surface area contributed by atoms with E-state index in [2.05, 4.69) is 79.8 Å². The first kappa shape index (κ1) is 70.4. The average molecular weight is 1190 g/mol. The maximum Gasteiger partial charge on any atom is 0.0689 e. The highest BCUT2D eigenvalue weighted by molar-refractivity contribution is 5.18. The first-order chi connectivity index (χ1) is 41.7. The number of unbranched alkanes of at least 4 members (excludes halogenated alkanes) is 1. The molecule has 0 saturated heterocycles. The van der Waals surface area contributed by atoms with Gasteiger partial charge in [0.15, 0.2) is 0 Å². The predicted octanol–water partition coefficient (Wildman–Crippen LogP) is 13.3. The van der Waals surface area contributed by atoms with Crippen LogP contribution in [0.2, 0.25) is 0 Å². The zero-order valence-electron chi connectivity index (χ0n) is 55.4. The quantitative estimate of drug-likeness (QED) is 0.0487. The van der Waals surface area contributed by atoms with Crippen molar-refractivity contribution in [1.82, 2.24) is 0 Å². The van der Waals surface area contributed by atoms with E-state index in [0.29, 0.717) is 47.7 Å². The van der Waals surface area contributed by atoms with Gasteiger partial charge in [0.05, 0.1) is 18.8 Å². The second-order valence-corrected chi connectivity index (χ2v) is 27.2. The van der Waals surface area contributed by atoms with Gasteiger partial charge >= 0.3 is 0 Å². The lowest BCUT2D eigenvalue weighted by Gasteiger charge is -2.27. The fourth-order valence-electron chi connectivity index (χ4n) is 18.8. The normalized spacial score (nSPS) is 39.2. The highest BCUT2D eigenvalue weighted by atomic mass is 16.5. The van der Waals surface area contributed by atoms with Crippen LogP contribution >= 0.6 is 0 Å². The van der Waals surface area contributed by atoms with E-state index in [0.717, 1.165) is 167 Å². The number of hydrogen-bond donors (Lipinski definition) is 0. The molecule has 12 rings (SSSR count). The van der Waals surface area contributed by atoms with Crippen molar-refractivity contribution in [1.29, 1.82) is 0 Å². The maximum atomic E-state index is 5.92. The van der Waals surface area contributed by atoms with Gasteiger partial charge in [0.2, 0.25) is 0 Å². The molecule has 24 unspecified atom stereocenters. The van der Waals surface area contributed by atoms with Crippen LogP contribution in [0.15, 0.2) is 72.9 Å². The highest BCUT2D eigenvalue weighted by Crippen LogP contribution is 2.53. The van der Waals surface area contributed by atoms with E-state index in [-0.39, 0.29) is 0 Å². The van der Waals surface area contributed by atoms with E-state index in [9.17, 15) is 0 Å². The largest absolute Gasteiger partial charge is 0.385 e. The van der Waals surface area contributed by atoms with Crippen LogP contribution in [0.3, 0.4) is 0 Å². The molecule has 0 aliphatic heterocycles. The molecule has 0 amide bonds. The monoisotopic (exact) mass is 1190 g/mol. The molecule has 0 radical (unpaired) electrons. The molecule has 0 aromatic rings. The van der Waals surface area contributed by atoms with Crippen LogP contribution < -0.4 is 0 Å². The molecule has 12 aliphatic rings. The number of allylic oxidation sites excluding steroid dienone is 10. The van der Waals surface area contributed by atoms with Gasteiger partial charge in [-0.25, -0.2) is 0 Å². The van der Waals surface area contributed by atoms with Crippen molar-refractivity contribution in [3.05, 3.63) is 72.9 Å². The van der Waals surface area contributed by atoms with E-state index < -0.39 is 0 Å². The Hall–Kier alpha value is -2.04. The lowest BCUT2D eigenvalue weighted by molar-refractivity contribution is 0.00754. The molecule has 12 aliphatic carbocycles. The van der Waals surface area contributed by atoms with E-state index in [1.54, 1.807) is 56.9 Å². The van der Waals surface area contributed by atoms with Crippen LogP contribution in [0.25, 0.3) is 0 Å². The molecule has 0 spiro atoms. The lowest BCUT2D eigenvalue weighted by Crippen LogP contribution is -2.30. The summed E-state index contributed by atoms with van der Waals surface area (Å²) in [5.41, 5.74) is 0. The van der Waals surface area contributed by atoms with Crippen LogP contribution in [0.4, 0.5) is 0 Å². The molecule has 6 saturated carbocycles. The standard InChI is InChI=1S/C14H24O2.2C13H22O2.C12H20O2.C11H18O2.C10H16O2/c1-3-16-14-12-8-7-11(10-12)13(14)6-4-5-9-15-2;1-14-7-5-12-10-3-4-11(9-10)13(12)6-8-15-2;1-14-7-3-4-12-10-5-6-11(8-10)13(12)9-15-2;1-13-6-5-11-9-3-4-10(7-9)12(11)8-14-2;1-12-6-10-8-3-4-9(5-8)11(10)7-13-2;1-11-6-9-7-3-4-8(5-7)10(9)12-2/h7-8,11-14H,3-6,9-10H2,1-2H3;3-4,10-13H,5-9H2,1-2H3;5-6,10-13H,3-4,7-9H2,1-2H3;3-4,9-12H,5-8H2,1-2H3;3-4,8-11H,5-7H2,1-2H3;3-4,7-10H,5-6H2,1-2H3. The van der Waals surface area contributed by atoms with E-state index in [1.165, 1.54) is 89.9 Å². The molecule has 486 valence electrons. The van der Waals surface area contributed by atoms with Crippen LogP contribution in [0.5, 0.6) is 0 Å². The van der Waals surface area contributed by atoms with Crippen LogP contribution in [0, 0.1) is 130 Å². The first-order valence-corrected chi connectivity index (χ1v) is 33.8. The summed E-state index contributed by atoms with van der Waals surface area (Å²) in [4.78, 5) is 0. The molecule has 0 aromatic carbocycles. The van der Waals surface area contributed by atoms with Gasteiger partial charge < -0.3 is 56.8 Å². The van der Waals surface area contributed by atoms with Crippen molar-refractivity contribution in [3.8, 4) is 0 Å². The SMILES string of the molecule is CCOC1C2C=CC(C2)C1CCCCOC.COCC1C2C=CC(C2)C1COC.COCC1C2C=CC(C2)C1OC.COCCC1C2C=CC(C2)C1CCOC.COCCC1C2C=CC(C2)C1COC.COCCCC1C2C=CC(C2)C1COC. The van der Waals surface area contributed by atoms with Crippen LogP contribution in [0.1, 0.15) is 96.8 Å². The summed E-state index contributed by atoms with van der Waals surface area (Å²) in [7, 11) is 19.7. The summed E-state index contributed by atoms with van der Waals surface area (Å²) in [6.07, 6.45) is 47.4. The molecule has 0 N–H and O–H groups in total. The molecule has 12 nitrogen and oxygen atoms in total. The molecule has 0 aromatic heterocycles. The smallest absolute Gasteiger partial charge is 0.0689 e. The number of rotatable bonds is 31. The number of methoxy groups -OCH3 is 11.